The number of nitrogens with one attached hydrogen (secondary N) is 2. The molecule has 0 aliphatic carbocycles. The molecule has 0 aliphatic rings. The molecule has 0 rings (SSSR count). The van der Waals surface area contributed by atoms with Crippen LogP contribution < -0.4 is 10.0 Å². The highest BCUT2D eigenvalue weighted by atomic mass is 32.2. The molecule has 1 unspecified atom stereocenters. The van der Waals surface area contributed by atoms with Crippen molar-refractivity contribution < 1.29 is 17.9 Å². The van der Waals surface area contributed by atoms with E-state index in [4.69, 9.17) is 4.74 Å². The Morgan fingerprint density at radius 3 is 2.28 bits per heavy atom. The number of carbonyl (C=O) groups excluding carboxylic acids is 1. The predicted octanol–water partition coefficient (Wildman–Crippen LogP) is 0.296. The standard InChI is InChI=1S/C10H23N3O4S/c1-8(7-13(6)18(15,16)11-5)12-9(14)17-10(2,3)4/h8,11H,7H2,1-6H3,(H,12,14). The number of carbonyl (C=O) groups is 1. The van der Waals surface area contributed by atoms with Crippen molar-refractivity contribution in [3.63, 3.8) is 0 Å². The maximum absolute atomic E-state index is 11.5. The van der Waals surface area contributed by atoms with Gasteiger partial charge in [0.25, 0.3) is 10.2 Å². The number of hydrogen-bond acceptors (Lipinski definition) is 4. The highest BCUT2D eigenvalue weighted by molar-refractivity contribution is 7.87. The molecule has 1 amide bonds. The number of nitrogens with zero attached hydrogens (tertiary/aromatic N) is 1. The van der Waals surface area contributed by atoms with Crippen molar-refractivity contribution in [1.82, 2.24) is 14.3 Å². The number of likely N-dealkylation sites (N-methyl/N-ethyl adjacent to an activating group) is 1. The number of alkyl carbamates (subject to hydrolysis) is 1. The molecule has 0 bridgehead atoms. The summed E-state index contributed by atoms with van der Waals surface area (Å²) in [7, 11) is -0.712. The zero-order valence-corrected chi connectivity index (χ0v) is 12.6. The highest BCUT2D eigenvalue weighted by Gasteiger charge is 2.21. The van der Waals surface area contributed by atoms with E-state index in [2.05, 4.69) is 10.0 Å². The van der Waals surface area contributed by atoms with E-state index in [-0.39, 0.29) is 12.6 Å². The molecule has 0 aliphatic heterocycles. The first-order chi connectivity index (χ1) is 7.98. The average molecular weight is 281 g/mol. The van der Waals surface area contributed by atoms with Crippen molar-refractivity contribution in [3.8, 4) is 0 Å². The average Bonchev–Trinajstić information content (AvgIpc) is 2.13. The molecular weight excluding hydrogens is 258 g/mol. The van der Waals surface area contributed by atoms with E-state index in [1.807, 2.05) is 0 Å². The molecular formula is C10H23N3O4S. The van der Waals surface area contributed by atoms with Crippen molar-refractivity contribution in [2.24, 2.45) is 0 Å². The number of amides is 1. The van der Waals surface area contributed by atoms with Gasteiger partial charge >= 0.3 is 6.09 Å². The Bertz CT molecular complexity index is 375. The van der Waals surface area contributed by atoms with Crippen molar-refractivity contribution in [3.05, 3.63) is 0 Å². The van der Waals surface area contributed by atoms with Gasteiger partial charge in [0.1, 0.15) is 5.60 Å². The van der Waals surface area contributed by atoms with E-state index >= 15 is 0 Å². The molecule has 0 fully saturated rings. The summed E-state index contributed by atoms with van der Waals surface area (Å²) in [6.45, 7) is 7.13. The second-order valence-corrected chi connectivity index (χ2v) is 7.02. The second kappa shape index (κ2) is 6.35. The van der Waals surface area contributed by atoms with Gasteiger partial charge in [-0.3, -0.25) is 0 Å². The lowest BCUT2D eigenvalue weighted by molar-refractivity contribution is 0.0504. The number of hydrogen-bond donors (Lipinski definition) is 2. The Morgan fingerprint density at radius 1 is 1.39 bits per heavy atom. The molecule has 8 heteroatoms. The van der Waals surface area contributed by atoms with Gasteiger partial charge in [0.05, 0.1) is 0 Å². The van der Waals surface area contributed by atoms with Gasteiger partial charge in [-0.25, -0.2) is 9.52 Å². The van der Waals surface area contributed by atoms with Gasteiger partial charge < -0.3 is 10.1 Å². The van der Waals surface area contributed by atoms with E-state index < -0.39 is 21.9 Å². The SMILES string of the molecule is CNS(=O)(=O)N(C)CC(C)NC(=O)OC(C)(C)C. The molecule has 0 aromatic carbocycles. The van der Waals surface area contributed by atoms with Crippen molar-refractivity contribution in [2.45, 2.75) is 39.3 Å². The largest absolute Gasteiger partial charge is 0.444 e. The first-order valence-electron chi connectivity index (χ1n) is 5.62. The normalized spacial score (nSPS) is 14.4. The van der Waals surface area contributed by atoms with Gasteiger partial charge in [0.15, 0.2) is 0 Å². The van der Waals surface area contributed by atoms with Gasteiger partial charge in [0, 0.05) is 26.7 Å². The Labute approximate surface area is 109 Å². The van der Waals surface area contributed by atoms with Crippen LogP contribution in [0.3, 0.4) is 0 Å². The molecule has 0 spiro atoms. The smallest absolute Gasteiger partial charge is 0.407 e. The number of rotatable bonds is 5. The van der Waals surface area contributed by atoms with Crippen LogP contribution in [0.4, 0.5) is 4.79 Å². The van der Waals surface area contributed by atoms with Crippen LogP contribution in [0.2, 0.25) is 0 Å². The van der Waals surface area contributed by atoms with Crippen molar-refractivity contribution >= 4 is 16.3 Å². The van der Waals surface area contributed by atoms with Crippen molar-refractivity contribution in [2.75, 3.05) is 20.6 Å². The van der Waals surface area contributed by atoms with Gasteiger partial charge in [-0.15, -0.1) is 0 Å². The lowest BCUT2D eigenvalue weighted by atomic mass is 10.2. The summed E-state index contributed by atoms with van der Waals surface area (Å²) >= 11 is 0. The van der Waals surface area contributed by atoms with Crippen LogP contribution in [-0.2, 0) is 14.9 Å². The number of ether oxygens (including phenoxy) is 1. The third-order valence-corrected chi connectivity index (χ3v) is 3.45. The van der Waals surface area contributed by atoms with Gasteiger partial charge in [-0.05, 0) is 27.7 Å². The summed E-state index contributed by atoms with van der Waals surface area (Å²) in [6, 6.07) is -0.354. The molecule has 2 N–H and O–H groups in total. The Hall–Kier alpha value is -0.860. The van der Waals surface area contributed by atoms with E-state index in [1.54, 1.807) is 27.7 Å². The Balaban J connectivity index is 4.28. The summed E-state index contributed by atoms with van der Waals surface area (Å²) in [5.74, 6) is 0. The van der Waals surface area contributed by atoms with E-state index in [0.717, 1.165) is 4.31 Å². The fourth-order valence-corrected chi connectivity index (χ4v) is 1.93. The summed E-state index contributed by atoms with van der Waals surface area (Å²) in [5, 5.41) is 2.57. The van der Waals surface area contributed by atoms with Crippen LogP contribution >= 0.6 is 0 Å². The van der Waals surface area contributed by atoms with Gasteiger partial charge in [-0.2, -0.15) is 12.7 Å². The lowest BCUT2D eigenvalue weighted by Crippen LogP contribution is -2.46. The maximum Gasteiger partial charge on any atom is 0.407 e. The maximum atomic E-state index is 11.5. The molecule has 18 heavy (non-hydrogen) atoms. The van der Waals surface area contributed by atoms with E-state index in [1.165, 1.54) is 14.1 Å². The summed E-state index contributed by atoms with van der Waals surface area (Å²) < 4.78 is 31.2. The summed E-state index contributed by atoms with van der Waals surface area (Å²) in [5.41, 5.74) is -0.577. The monoisotopic (exact) mass is 281 g/mol. The minimum Gasteiger partial charge on any atom is -0.444 e. The molecule has 1 atom stereocenters. The third kappa shape index (κ3) is 6.77. The Morgan fingerprint density at radius 2 is 1.89 bits per heavy atom. The van der Waals surface area contributed by atoms with Crippen LogP contribution in [0.25, 0.3) is 0 Å². The summed E-state index contributed by atoms with van der Waals surface area (Å²) in [4.78, 5) is 11.5. The van der Waals surface area contributed by atoms with Crippen LogP contribution in [0.15, 0.2) is 0 Å². The third-order valence-electron chi connectivity index (χ3n) is 1.96. The highest BCUT2D eigenvalue weighted by Crippen LogP contribution is 2.07. The molecule has 108 valence electrons. The molecule has 7 nitrogen and oxygen atoms in total. The molecule has 0 radical (unpaired) electrons. The predicted molar refractivity (Wildman–Crippen MR) is 69.4 cm³/mol. The fraction of sp³-hybridized carbons (Fsp3) is 0.900. The van der Waals surface area contributed by atoms with Crippen LogP contribution in [0.5, 0.6) is 0 Å². The van der Waals surface area contributed by atoms with Gasteiger partial charge in [-0.1, -0.05) is 0 Å². The first-order valence-corrected chi connectivity index (χ1v) is 7.06. The lowest BCUT2D eigenvalue weighted by Gasteiger charge is -2.24. The van der Waals surface area contributed by atoms with E-state index in [0.29, 0.717) is 0 Å². The zero-order chi connectivity index (χ0) is 14.6. The van der Waals surface area contributed by atoms with Crippen LogP contribution in [-0.4, -0.2) is 51.1 Å². The molecule has 0 saturated heterocycles. The van der Waals surface area contributed by atoms with Crippen molar-refractivity contribution in [1.29, 1.82) is 0 Å². The molecule has 0 aromatic rings. The van der Waals surface area contributed by atoms with Crippen LogP contribution in [0.1, 0.15) is 27.7 Å². The minimum atomic E-state index is -3.47. The van der Waals surface area contributed by atoms with Gasteiger partial charge in [0.2, 0.25) is 0 Å². The van der Waals surface area contributed by atoms with Crippen LogP contribution in [0, 0.1) is 0 Å². The minimum absolute atomic E-state index is 0.155. The molecule has 0 heterocycles. The topological polar surface area (TPSA) is 87.7 Å². The second-order valence-electron chi connectivity index (χ2n) is 5.04. The molecule has 0 aromatic heterocycles. The zero-order valence-electron chi connectivity index (χ0n) is 11.8. The quantitative estimate of drug-likeness (QED) is 0.758. The molecule has 0 saturated carbocycles. The fourth-order valence-electron chi connectivity index (χ4n) is 1.19. The van der Waals surface area contributed by atoms with E-state index in [9.17, 15) is 13.2 Å². The first kappa shape index (κ1) is 17.1. The summed E-state index contributed by atoms with van der Waals surface area (Å²) in [6.07, 6.45) is -0.565. The Kier molecular flexibility index (Phi) is 6.05.